The van der Waals surface area contributed by atoms with Gasteiger partial charge in [0.05, 0.1) is 24.8 Å². The van der Waals surface area contributed by atoms with Gasteiger partial charge in [-0.2, -0.15) is 5.26 Å². The Morgan fingerprint density at radius 2 is 1.97 bits per heavy atom. The van der Waals surface area contributed by atoms with E-state index in [9.17, 15) is 10.4 Å². The van der Waals surface area contributed by atoms with Gasteiger partial charge in [-0.1, -0.05) is 17.7 Å². The number of hydrogen-bond acceptors (Lipinski definition) is 5. The maximum atomic E-state index is 10.6. The van der Waals surface area contributed by atoms with E-state index in [2.05, 4.69) is 11.0 Å². The molecule has 0 bridgehead atoms. The number of rotatable bonds is 5. The average molecular weight is 413 g/mol. The maximum absolute atomic E-state index is 10.6. The Labute approximate surface area is 176 Å². The molecule has 4 atom stereocenters. The molecule has 2 aliphatic rings. The first kappa shape index (κ1) is 20.0. The second-order valence-electron chi connectivity index (χ2n) is 8.01. The van der Waals surface area contributed by atoms with Crippen molar-refractivity contribution in [3.63, 3.8) is 0 Å². The third-order valence-electron chi connectivity index (χ3n) is 6.05. The molecule has 1 saturated heterocycles. The summed E-state index contributed by atoms with van der Waals surface area (Å²) < 4.78 is 11.5. The minimum Gasteiger partial charge on any atom is -0.496 e. The number of aliphatic hydroxyl groups is 1. The Balaban J connectivity index is 1.42. The maximum Gasteiger partial charge on any atom is 0.125 e. The van der Waals surface area contributed by atoms with E-state index in [1.165, 1.54) is 0 Å². The van der Waals surface area contributed by atoms with Crippen molar-refractivity contribution in [1.29, 1.82) is 5.26 Å². The Kier molecular flexibility index (Phi) is 5.96. The highest BCUT2D eigenvalue weighted by atomic mass is 35.5. The lowest BCUT2D eigenvalue weighted by Crippen LogP contribution is -2.42. The van der Waals surface area contributed by atoms with Crippen molar-refractivity contribution in [2.45, 2.75) is 31.6 Å². The third-order valence-corrected chi connectivity index (χ3v) is 6.28. The van der Waals surface area contributed by atoms with Crippen molar-refractivity contribution in [2.24, 2.45) is 11.8 Å². The van der Waals surface area contributed by atoms with Gasteiger partial charge in [-0.3, -0.25) is 4.90 Å². The molecule has 1 aliphatic heterocycles. The van der Waals surface area contributed by atoms with Gasteiger partial charge in [-0.05, 0) is 61.1 Å². The summed E-state index contributed by atoms with van der Waals surface area (Å²) in [4.78, 5) is 2.39. The standard InChI is InChI=1S/C23H25ClN2O3/c1-28-22-6-5-15(11-25)7-18(22)14-26-12-16-8-21(27)23(9-17(16)13-26)29-20-4-2-3-19(24)10-20/h2-7,10,16-17,21,23,27H,8-9,12-14H2,1H3/t16-,17+,21+,23+/m0/s1. The molecule has 2 aromatic rings. The van der Waals surface area contributed by atoms with E-state index >= 15 is 0 Å². The first-order valence-corrected chi connectivity index (χ1v) is 10.3. The number of likely N-dealkylation sites (tertiary alicyclic amines) is 1. The van der Waals surface area contributed by atoms with E-state index in [0.29, 0.717) is 28.2 Å². The van der Waals surface area contributed by atoms with E-state index in [0.717, 1.165) is 43.8 Å². The van der Waals surface area contributed by atoms with Crippen LogP contribution in [-0.4, -0.2) is 42.4 Å². The smallest absolute Gasteiger partial charge is 0.125 e. The fourth-order valence-electron chi connectivity index (χ4n) is 4.67. The predicted octanol–water partition coefficient (Wildman–Crippen LogP) is 3.87. The molecule has 1 saturated carbocycles. The normalized spacial score (nSPS) is 26.6. The van der Waals surface area contributed by atoms with Crippen molar-refractivity contribution in [2.75, 3.05) is 20.2 Å². The lowest BCUT2D eigenvalue weighted by atomic mass is 9.78. The predicted molar refractivity (Wildman–Crippen MR) is 111 cm³/mol. The SMILES string of the molecule is COc1ccc(C#N)cc1CN1C[C@H]2C[C@@H](Oc3cccc(Cl)c3)[C@H](O)C[C@H]2C1. The molecule has 29 heavy (non-hydrogen) atoms. The van der Waals surface area contributed by atoms with Gasteiger partial charge in [0.1, 0.15) is 17.6 Å². The van der Waals surface area contributed by atoms with Crippen LogP contribution in [0.2, 0.25) is 5.02 Å². The van der Waals surface area contributed by atoms with Crippen molar-refractivity contribution >= 4 is 11.6 Å². The molecular formula is C23H25ClN2O3. The van der Waals surface area contributed by atoms with Gasteiger partial charge in [0.15, 0.2) is 0 Å². The van der Waals surface area contributed by atoms with Crippen molar-refractivity contribution in [1.82, 2.24) is 4.90 Å². The first-order chi connectivity index (χ1) is 14.1. The molecule has 152 valence electrons. The Morgan fingerprint density at radius 1 is 1.17 bits per heavy atom. The van der Waals surface area contributed by atoms with Crippen LogP contribution in [0.4, 0.5) is 0 Å². The molecule has 2 fully saturated rings. The summed E-state index contributed by atoms with van der Waals surface area (Å²) in [5.41, 5.74) is 1.67. The lowest BCUT2D eigenvalue weighted by Gasteiger charge is -2.35. The van der Waals surface area contributed by atoms with Gasteiger partial charge in [0.2, 0.25) is 0 Å². The summed E-state index contributed by atoms with van der Waals surface area (Å²) >= 11 is 6.05. The molecular weight excluding hydrogens is 388 g/mol. The van der Waals surface area contributed by atoms with Gasteiger partial charge in [-0.25, -0.2) is 0 Å². The largest absolute Gasteiger partial charge is 0.496 e. The van der Waals surface area contributed by atoms with Crippen molar-refractivity contribution in [3.8, 4) is 17.6 Å². The molecule has 1 aliphatic carbocycles. The summed E-state index contributed by atoms with van der Waals surface area (Å²) in [5.74, 6) is 2.44. The first-order valence-electron chi connectivity index (χ1n) is 9.95. The van der Waals surface area contributed by atoms with Crippen molar-refractivity contribution in [3.05, 3.63) is 58.6 Å². The molecule has 4 rings (SSSR count). The highest BCUT2D eigenvalue weighted by Crippen LogP contribution is 2.39. The van der Waals surface area contributed by atoms with Gasteiger partial charge >= 0.3 is 0 Å². The molecule has 0 radical (unpaired) electrons. The second-order valence-corrected chi connectivity index (χ2v) is 8.44. The van der Waals surface area contributed by atoms with Crippen LogP contribution in [0, 0.1) is 23.2 Å². The summed E-state index contributed by atoms with van der Waals surface area (Å²) in [5, 5.41) is 20.5. The molecule has 6 heteroatoms. The van der Waals surface area contributed by atoms with Crippen LogP contribution in [0.1, 0.15) is 24.0 Å². The number of hydrogen-bond donors (Lipinski definition) is 1. The van der Waals surface area contributed by atoms with E-state index in [1.54, 1.807) is 19.2 Å². The monoisotopic (exact) mass is 412 g/mol. The number of nitrogens with zero attached hydrogens (tertiary/aromatic N) is 2. The lowest BCUT2D eigenvalue weighted by molar-refractivity contribution is -0.0231. The van der Waals surface area contributed by atoms with Gasteiger partial charge in [0.25, 0.3) is 0 Å². The third kappa shape index (κ3) is 4.51. The second kappa shape index (κ2) is 8.62. The van der Waals surface area contributed by atoms with E-state index in [-0.39, 0.29) is 6.10 Å². The van der Waals surface area contributed by atoms with Crippen LogP contribution in [-0.2, 0) is 6.54 Å². The number of benzene rings is 2. The molecule has 1 heterocycles. The van der Waals surface area contributed by atoms with Crippen LogP contribution < -0.4 is 9.47 Å². The zero-order chi connectivity index (χ0) is 20.4. The van der Waals surface area contributed by atoms with Crippen LogP contribution in [0.5, 0.6) is 11.5 Å². The highest BCUT2D eigenvalue weighted by Gasteiger charge is 2.42. The van der Waals surface area contributed by atoms with Crippen molar-refractivity contribution < 1.29 is 14.6 Å². The molecule has 0 amide bonds. The number of nitriles is 1. The fraction of sp³-hybridized carbons (Fsp3) is 0.435. The van der Waals surface area contributed by atoms with Gasteiger partial charge in [-0.15, -0.1) is 0 Å². The van der Waals surface area contributed by atoms with Crippen LogP contribution in [0.15, 0.2) is 42.5 Å². The summed E-state index contributed by atoms with van der Waals surface area (Å²) in [6.07, 6.45) is 0.865. The van der Waals surface area contributed by atoms with E-state index in [1.807, 2.05) is 30.3 Å². The van der Waals surface area contributed by atoms with E-state index < -0.39 is 6.10 Å². The number of methoxy groups -OCH3 is 1. The highest BCUT2D eigenvalue weighted by molar-refractivity contribution is 6.30. The van der Waals surface area contributed by atoms with Gasteiger partial charge < -0.3 is 14.6 Å². The quantitative estimate of drug-likeness (QED) is 0.807. The summed E-state index contributed by atoms with van der Waals surface area (Å²) in [6, 6.07) is 15.1. The summed E-state index contributed by atoms with van der Waals surface area (Å²) in [7, 11) is 1.66. The topological polar surface area (TPSA) is 65.7 Å². The summed E-state index contributed by atoms with van der Waals surface area (Å²) in [6.45, 7) is 2.62. The average Bonchev–Trinajstić information content (AvgIpc) is 3.09. The number of aliphatic hydroxyl groups excluding tert-OH is 1. The van der Waals surface area contributed by atoms with Crippen LogP contribution in [0.25, 0.3) is 0 Å². The zero-order valence-corrected chi connectivity index (χ0v) is 17.2. The molecule has 2 aromatic carbocycles. The number of ether oxygens (including phenoxy) is 2. The zero-order valence-electron chi connectivity index (χ0n) is 16.4. The Bertz CT molecular complexity index is 913. The minimum absolute atomic E-state index is 0.217. The van der Waals surface area contributed by atoms with E-state index in [4.69, 9.17) is 21.1 Å². The minimum atomic E-state index is -0.480. The molecule has 1 N–H and O–H groups in total. The Hall–Kier alpha value is -2.26. The van der Waals surface area contributed by atoms with Crippen LogP contribution >= 0.6 is 11.6 Å². The van der Waals surface area contributed by atoms with Crippen LogP contribution in [0.3, 0.4) is 0 Å². The Morgan fingerprint density at radius 3 is 2.69 bits per heavy atom. The number of fused-ring (bicyclic) bond motifs is 1. The number of halogens is 1. The fourth-order valence-corrected chi connectivity index (χ4v) is 4.85. The molecule has 0 aromatic heterocycles. The molecule has 0 spiro atoms. The molecule has 0 unspecified atom stereocenters. The van der Waals surface area contributed by atoms with Gasteiger partial charge in [0, 0.05) is 30.2 Å². The molecule has 5 nitrogen and oxygen atoms in total.